The molecular formula is C8H15O3P. The number of rotatable bonds is 2. The lowest BCUT2D eigenvalue weighted by molar-refractivity contribution is 0.376. The molecule has 4 heteroatoms. The highest BCUT2D eigenvalue weighted by molar-refractivity contribution is 7.51. The third kappa shape index (κ3) is 4.05. The van der Waals surface area contributed by atoms with Gasteiger partial charge in [-0.2, -0.15) is 0 Å². The molecule has 1 aliphatic rings. The van der Waals surface area contributed by atoms with E-state index in [0.29, 0.717) is 0 Å². The smallest absolute Gasteiger partial charge is 0.324 e. The second-order valence-electron chi connectivity index (χ2n) is 3.27. The van der Waals surface area contributed by atoms with Crippen molar-refractivity contribution in [2.45, 2.75) is 32.1 Å². The summed E-state index contributed by atoms with van der Waals surface area (Å²) >= 11 is 0. The molecule has 1 saturated carbocycles. The average molecular weight is 190 g/mol. The van der Waals surface area contributed by atoms with Gasteiger partial charge in [-0.15, -0.1) is 0 Å². The van der Waals surface area contributed by atoms with Gasteiger partial charge in [-0.3, -0.25) is 4.57 Å². The van der Waals surface area contributed by atoms with Crippen LogP contribution < -0.4 is 0 Å². The molecule has 0 amide bonds. The second kappa shape index (κ2) is 4.22. The van der Waals surface area contributed by atoms with Gasteiger partial charge in [0, 0.05) is 0 Å². The van der Waals surface area contributed by atoms with E-state index in [1.54, 1.807) is 6.08 Å². The van der Waals surface area contributed by atoms with E-state index in [4.69, 9.17) is 9.79 Å². The Balaban J connectivity index is 2.40. The molecule has 1 aliphatic carbocycles. The molecule has 0 aromatic carbocycles. The van der Waals surface area contributed by atoms with E-state index in [1.165, 1.54) is 24.8 Å². The Kier molecular flexibility index (Phi) is 3.51. The van der Waals surface area contributed by atoms with Gasteiger partial charge in [-0.05, 0) is 25.7 Å². The van der Waals surface area contributed by atoms with Crippen LogP contribution in [0, 0.1) is 0 Å². The molecule has 0 unspecified atom stereocenters. The van der Waals surface area contributed by atoms with Crippen molar-refractivity contribution in [3.05, 3.63) is 11.6 Å². The van der Waals surface area contributed by atoms with Gasteiger partial charge in [-0.25, -0.2) is 0 Å². The summed E-state index contributed by atoms with van der Waals surface area (Å²) in [6, 6.07) is 0. The molecule has 0 heterocycles. The maximum absolute atomic E-state index is 10.5. The Morgan fingerprint density at radius 2 is 1.83 bits per heavy atom. The molecular weight excluding hydrogens is 175 g/mol. The molecule has 0 atom stereocenters. The largest absolute Gasteiger partial charge is 0.329 e. The first kappa shape index (κ1) is 9.97. The Morgan fingerprint density at radius 3 is 2.33 bits per heavy atom. The summed E-state index contributed by atoms with van der Waals surface area (Å²) in [5, 5.41) is 0. The van der Waals surface area contributed by atoms with E-state index in [2.05, 4.69) is 0 Å². The fourth-order valence-electron chi connectivity index (χ4n) is 1.46. The van der Waals surface area contributed by atoms with Crippen molar-refractivity contribution < 1.29 is 14.4 Å². The van der Waals surface area contributed by atoms with Gasteiger partial charge in [0.05, 0.1) is 6.16 Å². The normalized spacial score (nSPS) is 19.3. The zero-order valence-corrected chi connectivity index (χ0v) is 7.96. The van der Waals surface area contributed by atoms with E-state index < -0.39 is 7.60 Å². The fourth-order valence-corrected chi connectivity index (χ4v) is 1.95. The second-order valence-corrected chi connectivity index (χ2v) is 4.96. The highest BCUT2D eigenvalue weighted by Gasteiger charge is 2.11. The highest BCUT2D eigenvalue weighted by Crippen LogP contribution is 2.35. The Morgan fingerprint density at radius 1 is 1.25 bits per heavy atom. The van der Waals surface area contributed by atoms with Crippen molar-refractivity contribution in [3.63, 3.8) is 0 Å². The Hall–Kier alpha value is -0.110. The molecule has 1 fully saturated rings. The molecule has 0 saturated heterocycles. The predicted octanol–water partition coefficient (Wildman–Crippen LogP) is 2.05. The maximum atomic E-state index is 10.5. The first-order chi connectivity index (χ1) is 5.58. The van der Waals surface area contributed by atoms with Gasteiger partial charge >= 0.3 is 7.60 Å². The number of allylic oxidation sites excluding steroid dienone is 2. The zero-order chi connectivity index (χ0) is 9.03. The van der Waals surface area contributed by atoms with Gasteiger partial charge in [0.2, 0.25) is 0 Å². The first-order valence-electron chi connectivity index (χ1n) is 4.30. The minimum Gasteiger partial charge on any atom is -0.324 e. The average Bonchev–Trinajstić information content (AvgIpc) is 2.02. The number of hydrogen-bond acceptors (Lipinski definition) is 1. The highest BCUT2D eigenvalue weighted by atomic mass is 31.2. The molecule has 0 aromatic heterocycles. The van der Waals surface area contributed by atoms with E-state index in [0.717, 1.165) is 12.8 Å². The van der Waals surface area contributed by atoms with E-state index in [1.807, 2.05) is 0 Å². The molecule has 1 rings (SSSR count). The van der Waals surface area contributed by atoms with Gasteiger partial charge in [0.1, 0.15) is 0 Å². The summed E-state index contributed by atoms with van der Waals surface area (Å²) in [5.41, 5.74) is 1.23. The van der Waals surface area contributed by atoms with Crippen molar-refractivity contribution in [1.29, 1.82) is 0 Å². The van der Waals surface area contributed by atoms with Crippen molar-refractivity contribution in [1.82, 2.24) is 0 Å². The fraction of sp³-hybridized carbons (Fsp3) is 0.750. The monoisotopic (exact) mass is 190 g/mol. The van der Waals surface area contributed by atoms with E-state index in [9.17, 15) is 4.57 Å². The van der Waals surface area contributed by atoms with Crippen LogP contribution in [-0.4, -0.2) is 15.9 Å². The van der Waals surface area contributed by atoms with Crippen LogP contribution in [0.2, 0.25) is 0 Å². The summed E-state index contributed by atoms with van der Waals surface area (Å²) < 4.78 is 10.5. The van der Waals surface area contributed by atoms with E-state index in [-0.39, 0.29) is 6.16 Å². The van der Waals surface area contributed by atoms with Crippen molar-refractivity contribution >= 4 is 7.60 Å². The summed E-state index contributed by atoms with van der Waals surface area (Å²) in [5.74, 6) is 0. The summed E-state index contributed by atoms with van der Waals surface area (Å²) in [7, 11) is -3.81. The van der Waals surface area contributed by atoms with Crippen molar-refractivity contribution in [3.8, 4) is 0 Å². The lowest BCUT2D eigenvalue weighted by atomic mass is 9.95. The minimum absolute atomic E-state index is 0.0810. The third-order valence-corrected chi connectivity index (χ3v) is 2.77. The van der Waals surface area contributed by atoms with Crippen LogP contribution in [0.15, 0.2) is 11.6 Å². The molecule has 0 bridgehead atoms. The van der Waals surface area contributed by atoms with Gasteiger partial charge in [-0.1, -0.05) is 18.1 Å². The molecule has 0 aromatic rings. The van der Waals surface area contributed by atoms with Crippen LogP contribution in [0.1, 0.15) is 32.1 Å². The summed E-state index contributed by atoms with van der Waals surface area (Å²) in [6.45, 7) is 0. The van der Waals surface area contributed by atoms with Crippen LogP contribution in [-0.2, 0) is 4.57 Å². The quantitative estimate of drug-likeness (QED) is 0.517. The van der Waals surface area contributed by atoms with Crippen LogP contribution in [0.4, 0.5) is 0 Å². The lowest BCUT2D eigenvalue weighted by Gasteiger charge is -2.13. The van der Waals surface area contributed by atoms with Crippen LogP contribution in [0.5, 0.6) is 0 Å². The number of hydrogen-bond donors (Lipinski definition) is 2. The topological polar surface area (TPSA) is 57.5 Å². The molecule has 12 heavy (non-hydrogen) atoms. The molecule has 0 aliphatic heterocycles. The summed E-state index contributed by atoms with van der Waals surface area (Å²) in [4.78, 5) is 17.2. The maximum Gasteiger partial charge on any atom is 0.329 e. The van der Waals surface area contributed by atoms with Crippen molar-refractivity contribution in [2.24, 2.45) is 0 Å². The molecule has 3 nitrogen and oxygen atoms in total. The molecule has 2 N–H and O–H groups in total. The zero-order valence-electron chi connectivity index (χ0n) is 7.07. The third-order valence-electron chi connectivity index (χ3n) is 2.11. The first-order valence-corrected chi connectivity index (χ1v) is 6.10. The van der Waals surface area contributed by atoms with Gasteiger partial charge in [0.15, 0.2) is 0 Å². The predicted molar refractivity (Wildman–Crippen MR) is 48.1 cm³/mol. The van der Waals surface area contributed by atoms with Crippen LogP contribution >= 0.6 is 7.60 Å². The van der Waals surface area contributed by atoms with Crippen LogP contribution in [0.25, 0.3) is 0 Å². The van der Waals surface area contributed by atoms with Gasteiger partial charge in [0.25, 0.3) is 0 Å². The van der Waals surface area contributed by atoms with E-state index >= 15 is 0 Å². The summed E-state index contributed by atoms with van der Waals surface area (Å²) in [6.07, 6.45) is 7.30. The standard InChI is InChI=1S/C8H15O3P/c9-12(10,11)7-6-8-4-2-1-3-5-8/h6H,1-5,7H2,(H2,9,10,11). The van der Waals surface area contributed by atoms with Crippen molar-refractivity contribution in [2.75, 3.05) is 6.16 Å². The molecule has 70 valence electrons. The SMILES string of the molecule is O=P(O)(O)CC=C1CCCCC1. The molecule has 0 spiro atoms. The molecule has 0 radical (unpaired) electrons. The van der Waals surface area contributed by atoms with Crippen LogP contribution in [0.3, 0.4) is 0 Å². The lowest BCUT2D eigenvalue weighted by Crippen LogP contribution is -1.95. The Labute approximate surface area is 72.6 Å². The minimum atomic E-state index is -3.81. The Bertz CT molecular complexity index is 208. The van der Waals surface area contributed by atoms with Gasteiger partial charge < -0.3 is 9.79 Å².